The minimum Gasteiger partial charge on any atom is -0.376 e. The van der Waals surface area contributed by atoms with Gasteiger partial charge in [0.25, 0.3) is 5.69 Å². The van der Waals surface area contributed by atoms with E-state index in [1.54, 1.807) is 6.92 Å². The predicted molar refractivity (Wildman–Crippen MR) is 70.6 cm³/mol. The number of hydrogen-bond acceptors (Lipinski definition) is 6. The lowest BCUT2D eigenvalue weighted by atomic mass is 10.1. The molecule has 0 heterocycles. The smallest absolute Gasteiger partial charge is 0.292 e. The topological polar surface area (TPSA) is 113 Å². The highest BCUT2D eigenvalue weighted by atomic mass is 32.2. The lowest BCUT2D eigenvalue weighted by Gasteiger charge is -2.14. The van der Waals surface area contributed by atoms with Crippen LogP contribution in [0.1, 0.15) is 12.5 Å². The van der Waals surface area contributed by atoms with Crippen molar-refractivity contribution >= 4 is 21.2 Å². The van der Waals surface area contributed by atoms with Gasteiger partial charge in [-0.1, -0.05) is 0 Å². The Morgan fingerprint density at radius 3 is 2.63 bits per heavy atom. The van der Waals surface area contributed by atoms with Gasteiger partial charge in [0.2, 0.25) is 0 Å². The fraction of sp³-hybridized carbons (Fsp3) is 0.364. The van der Waals surface area contributed by atoms with Gasteiger partial charge in [-0.05, 0) is 19.1 Å². The number of nitrogens with zero attached hydrogens (tertiary/aromatic N) is 2. The molecule has 1 aromatic carbocycles. The third-order valence-corrected chi connectivity index (χ3v) is 3.38. The van der Waals surface area contributed by atoms with Crippen molar-refractivity contribution < 1.29 is 13.3 Å². The molecule has 0 radical (unpaired) electrons. The number of nitrogens with one attached hydrogen (secondary N) is 1. The molecule has 1 rings (SSSR count). The van der Waals surface area contributed by atoms with Crippen LogP contribution in [0.15, 0.2) is 18.2 Å². The Bertz CT molecular complexity index is 634. The maximum atomic E-state index is 11.1. The van der Waals surface area contributed by atoms with Gasteiger partial charge in [-0.15, -0.1) is 0 Å². The van der Waals surface area contributed by atoms with E-state index < -0.39 is 20.8 Å². The molecule has 7 nitrogen and oxygen atoms in total. The molecular formula is C11H13N3O4S. The highest BCUT2D eigenvalue weighted by Gasteiger charge is 2.18. The molecule has 0 saturated heterocycles. The first kappa shape index (κ1) is 14.9. The monoisotopic (exact) mass is 283 g/mol. The molecule has 0 aliphatic rings. The molecule has 0 aromatic heterocycles. The molecule has 1 atom stereocenters. The minimum atomic E-state index is -3.19. The lowest BCUT2D eigenvalue weighted by Crippen LogP contribution is -2.25. The molecule has 1 N–H and O–H groups in total. The van der Waals surface area contributed by atoms with Gasteiger partial charge in [0.1, 0.15) is 15.5 Å². The third kappa shape index (κ3) is 4.56. The number of nitriles is 1. The zero-order valence-electron chi connectivity index (χ0n) is 10.5. The summed E-state index contributed by atoms with van der Waals surface area (Å²) in [6.07, 6.45) is 1.09. The van der Waals surface area contributed by atoms with E-state index in [0.717, 1.165) is 6.26 Å². The Hall–Kier alpha value is -2.14. The number of rotatable bonds is 5. The van der Waals surface area contributed by atoms with E-state index in [9.17, 15) is 18.5 Å². The number of hydrogen-bond donors (Lipinski definition) is 1. The normalized spacial score (nSPS) is 12.5. The maximum absolute atomic E-state index is 11.1. The second-order valence-electron chi connectivity index (χ2n) is 4.24. The molecule has 102 valence electrons. The summed E-state index contributed by atoms with van der Waals surface area (Å²) >= 11 is 0. The highest BCUT2D eigenvalue weighted by Crippen LogP contribution is 2.26. The van der Waals surface area contributed by atoms with Crippen LogP contribution in [0.25, 0.3) is 0 Å². The standard InChI is InChI=1S/C11H13N3O4S/c1-8(7-19(2,17)18)13-10-5-9(6-12)3-4-11(10)14(15)16/h3-5,8,13H,7H2,1-2H3. The zero-order chi connectivity index (χ0) is 14.6. The predicted octanol–water partition coefficient (Wildman–Crippen LogP) is 1.31. The van der Waals surface area contributed by atoms with E-state index in [1.165, 1.54) is 18.2 Å². The molecule has 0 fully saturated rings. The van der Waals surface area contributed by atoms with Crippen molar-refractivity contribution in [2.24, 2.45) is 0 Å². The maximum Gasteiger partial charge on any atom is 0.292 e. The molecule has 0 amide bonds. The van der Waals surface area contributed by atoms with Crippen molar-refractivity contribution in [3.63, 3.8) is 0 Å². The van der Waals surface area contributed by atoms with Gasteiger partial charge in [-0.2, -0.15) is 5.26 Å². The van der Waals surface area contributed by atoms with Gasteiger partial charge >= 0.3 is 0 Å². The molecule has 0 bridgehead atoms. The van der Waals surface area contributed by atoms with Crippen LogP contribution in [0, 0.1) is 21.4 Å². The van der Waals surface area contributed by atoms with Crippen molar-refractivity contribution in [1.82, 2.24) is 0 Å². The largest absolute Gasteiger partial charge is 0.376 e. The minimum absolute atomic E-state index is 0.139. The molecule has 1 aromatic rings. The van der Waals surface area contributed by atoms with Crippen LogP contribution in [0.5, 0.6) is 0 Å². The summed E-state index contributed by atoms with van der Waals surface area (Å²) in [5.74, 6) is -0.152. The first-order chi connectivity index (χ1) is 8.73. The van der Waals surface area contributed by atoms with Gasteiger partial charge in [0, 0.05) is 18.4 Å². The summed E-state index contributed by atoms with van der Waals surface area (Å²) in [7, 11) is -3.19. The van der Waals surface area contributed by atoms with Crippen LogP contribution >= 0.6 is 0 Å². The molecule has 0 spiro atoms. The average molecular weight is 283 g/mol. The van der Waals surface area contributed by atoms with Crippen molar-refractivity contribution in [3.8, 4) is 6.07 Å². The van der Waals surface area contributed by atoms with Gasteiger partial charge in [0.15, 0.2) is 0 Å². The fourth-order valence-corrected chi connectivity index (χ4v) is 2.63. The Balaban J connectivity index is 3.05. The van der Waals surface area contributed by atoms with E-state index >= 15 is 0 Å². The second kappa shape index (κ2) is 5.67. The van der Waals surface area contributed by atoms with E-state index in [1.807, 2.05) is 6.07 Å². The van der Waals surface area contributed by atoms with Crippen molar-refractivity contribution in [1.29, 1.82) is 5.26 Å². The lowest BCUT2D eigenvalue weighted by molar-refractivity contribution is -0.384. The average Bonchev–Trinajstić information content (AvgIpc) is 2.25. The second-order valence-corrected chi connectivity index (χ2v) is 6.42. The number of benzene rings is 1. The van der Waals surface area contributed by atoms with Crippen molar-refractivity contribution in [3.05, 3.63) is 33.9 Å². The Kier molecular flexibility index (Phi) is 4.45. The fourth-order valence-electron chi connectivity index (χ4n) is 1.64. The third-order valence-electron chi connectivity index (χ3n) is 2.28. The van der Waals surface area contributed by atoms with E-state index in [4.69, 9.17) is 5.26 Å². The van der Waals surface area contributed by atoms with Crippen LogP contribution < -0.4 is 5.32 Å². The van der Waals surface area contributed by atoms with Gasteiger partial charge < -0.3 is 5.32 Å². The molecule has 0 saturated carbocycles. The summed E-state index contributed by atoms with van der Waals surface area (Å²) < 4.78 is 22.3. The highest BCUT2D eigenvalue weighted by molar-refractivity contribution is 7.90. The van der Waals surface area contributed by atoms with E-state index in [2.05, 4.69) is 5.32 Å². The first-order valence-corrected chi connectivity index (χ1v) is 7.42. The number of nitro groups is 1. The summed E-state index contributed by atoms with van der Waals surface area (Å²) in [6.45, 7) is 1.60. The molecule has 1 unspecified atom stereocenters. The molecule has 0 aliphatic heterocycles. The number of nitro benzene ring substituents is 1. The molecule has 0 aliphatic carbocycles. The molecular weight excluding hydrogens is 270 g/mol. The Morgan fingerprint density at radius 1 is 1.53 bits per heavy atom. The molecule has 8 heteroatoms. The van der Waals surface area contributed by atoms with Crippen LogP contribution in [0.2, 0.25) is 0 Å². The van der Waals surface area contributed by atoms with Crippen LogP contribution in [0.4, 0.5) is 11.4 Å². The van der Waals surface area contributed by atoms with Gasteiger partial charge in [-0.3, -0.25) is 10.1 Å². The number of sulfone groups is 1. The van der Waals surface area contributed by atoms with Crippen molar-refractivity contribution in [2.75, 3.05) is 17.3 Å². The molecule has 19 heavy (non-hydrogen) atoms. The summed E-state index contributed by atoms with van der Waals surface area (Å²) in [5.41, 5.74) is 0.208. The Morgan fingerprint density at radius 2 is 2.16 bits per heavy atom. The summed E-state index contributed by atoms with van der Waals surface area (Å²) in [5, 5.41) is 22.4. The number of anilines is 1. The van der Waals surface area contributed by atoms with E-state index in [0.29, 0.717) is 0 Å². The van der Waals surface area contributed by atoms with Crippen LogP contribution in [-0.2, 0) is 9.84 Å². The quantitative estimate of drug-likeness (QED) is 0.643. The summed E-state index contributed by atoms with van der Waals surface area (Å²) in [6, 6.07) is 5.26. The Labute approximate surface area is 110 Å². The van der Waals surface area contributed by atoms with Gasteiger partial charge in [-0.25, -0.2) is 8.42 Å². The summed E-state index contributed by atoms with van der Waals surface area (Å²) in [4.78, 5) is 10.3. The van der Waals surface area contributed by atoms with Crippen molar-refractivity contribution in [2.45, 2.75) is 13.0 Å². The van der Waals surface area contributed by atoms with Crippen LogP contribution in [-0.4, -0.2) is 31.4 Å². The van der Waals surface area contributed by atoms with Crippen LogP contribution in [0.3, 0.4) is 0 Å². The van der Waals surface area contributed by atoms with Gasteiger partial charge in [0.05, 0.1) is 22.3 Å². The SMILES string of the molecule is CC(CS(C)(=O)=O)Nc1cc(C#N)ccc1[N+](=O)[O-]. The zero-order valence-corrected chi connectivity index (χ0v) is 11.3. The first-order valence-electron chi connectivity index (χ1n) is 5.35. The van der Waals surface area contributed by atoms with E-state index in [-0.39, 0.29) is 22.7 Å².